The number of hydrogen-bond acceptors (Lipinski definition) is 3. The first-order chi connectivity index (χ1) is 6.97. The number of carboxylic acid groups (broad SMARTS) is 2. The highest BCUT2D eigenvalue weighted by molar-refractivity contribution is 5.70. The lowest BCUT2D eigenvalue weighted by Crippen LogP contribution is -2.36. The van der Waals surface area contributed by atoms with E-state index in [4.69, 9.17) is 10.2 Å². The molecule has 0 aliphatic heterocycles. The second-order valence-electron chi connectivity index (χ2n) is 3.72. The van der Waals surface area contributed by atoms with Crippen LogP contribution in [0.5, 0.6) is 0 Å². The number of nitrogens with zero attached hydrogens (tertiary/aromatic N) is 1. The summed E-state index contributed by atoms with van der Waals surface area (Å²) in [7, 11) is 0. The SMILES string of the molecule is CCCCN(CC(=O)O)CC(C)C(=O)O. The molecule has 88 valence electrons. The average Bonchev–Trinajstić information content (AvgIpc) is 2.13. The molecule has 0 aliphatic rings. The molecule has 0 aromatic carbocycles. The minimum absolute atomic E-state index is 0.0857. The number of hydrogen-bond donors (Lipinski definition) is 2. The minimum atomic E-state index is -0.913. The Morgan fingerprint density at radius 3 is 2.33 bits per heavy atom. The van der Waals surface area contributed by atoms with Gasteiger partial charge < -0.3 is 10.2 Å². The van der Waals surface area contributed by atoms with Crippen molar-refractivity contribution in [2.45, 2.75) is 26.7 Å². The molecule has 0 amide bonds. The van der Waals surface area contributed by atoms with Crippen LogP contribution in [0.4, 0.5) is 0 Å². The summed E-state index contributed by atoms with van der Waals surface area (Å²) in [6.45, 7) is 4.45. The van der Waals surface area contributed by atoms with Gasteiger partial charge in [0, 0.05) is 6.54 Å². The minimum Gasteiger partial charge on any atom is -0.481 e. The summed E-state index contributed by atoms with van der Waals surface area (Å²) in [6.07, 6.45) is 1.86. The van der Waals surface area contributed by atoms with Gasteiger partial charge in [0.2, 0.25) is 0 Å². The third-order valence-corrected chi connectivity index (χ3v) is 2.14. The Hall–Kier alpha value is -1.10. The topological polar surface area (TPSA) is 77.8 Å². The molecule has 0 saturated carbocycles. The van der Waals surface area contributed by atoms with Gasteiger partial charge in [0.15, 0.2) is 0 Å². The predicted octanol–water partition coefficient (Wildman–Crippen LogP) is 0.894. The highest BCUT2D eigenvalue weighted by Gasteiger charge is 2.17. The molecule has 1 unspecified atom stereocenters. The maximum atomic E-state index is 10.6. The van der Waals surface area contributed by atoms with E-state index in [-0.39, 0.29) is 6.54 Å². The first-order valence-corrected chi connectivity index (χ1v) is 5.14. The summed E-state index contributed by atoms with van der Waals surface area (Å²) in [4.78, 5) is 22.8. The Kier molecular flexibility index (Phi) is 6.70. The molecule has 2 N–H and O–H groups in total. The van der Waals surface area contributed by atoms with E-state index in [0.717, 1.165) is 12.8 Å². The van der Waals surface area contributed by atoms with Crippen LogP contribution in [0, 0.1) is 5.92 Å². The normalized spacial score (nSPS) is 12.7. The molecule has 0 aromatic heterocycles. The van der Waals surface area contributed by atoms with Gasteiger partial charge in [0.1, 0.15) is 0 Å². The van der Waals surface area contributed by atoms with Crippen molar-refractivity contribution in [2.75, 3.05) is 19.6 Å². The van der Waals surface area contributed by atoms with Crippen LogP contribution in [0.15, 0.2) is 0 Å². The molecule has 5 nitrogen and oxygen atoms in total. The maximum Gasteiger partial charge on any atom is 0.317 e. The van der Waals surface area contributed by atoms with Crippen molar-refractivity contribution < 1.29 is 19.8 Å². The van der Waals surface area contributed by atoms with Crippen LogP contribution in [0.25, 0.3) is 0 Å². The van der Waals surface area contributed by atoms with Crippen LogP contribution in [0.3, 0.4) is 0 Å². The van der Waals surface area contributed by atoms with Crippen LogP contribution < -0.4 is 0 Å². The summed E-state index contributed by atoms with van der Waals surface area (Å²) in [5.74, 6) is -2.33. The van der Waals surface area contributed by atoms with E-state index >= 15 is 0 Å². The van der Waals surface area contributed by atoms with Gasteiger partial charge in [-0.2, -0.15) is 0 Å². The third-order valence-electron chi connectivity index (χ3n) is 2.14. The first-order valence-electron chi connectivity index (χ1n) is 5.14. The van der Waals surface area contributed by atoms with Gasteiger partial charge in [0.25, 0.3) is 0 Å². The fourth-order valence-corrected chi connectivity index (χ4v) is 1.27. The van der Waals surface area contributed by atoms with Gasteiger partial charge in [-0.25, -0.2) is 0 Å². The van der Waals surface area contributed by atoms with Crippen LogP contribution >= 0.6 is 0 Å². The molecule has 0 heterocycles. The zero-order valence-electron chi connectivity index (χ0n) is 9.27. The first kappa shape index (κ1) is 13.9. The molecule has 5 heteroatoms. The van der Waals surface area contributed by atoms with Crippen molar-refractivity contribution in [3.05, 3.63) is 0 Å². The predicted molar refractivity (Wildman–Crippen MR) is 55.8 cm³/mol. The number of carbonyl (C=O) groups is 2. The number of rotatable bonds is 8. The largest absolute Gasteiger partial charge is 0.481 e. The van der Waals surface area contributed by atoms with E-state index in [9.17, 15) is 9.59 Å². The quantitative estimate of drug-likeness (QED) is 0.631. The molecule has 0 saturated heterocycles. The summed E-state index contributed by atoms with van der Waals surface area (Å²) >= 11 is 0. The molecule has 0 aromatic rings. The fraction of sp³-hybridized carbons (Fsp3) is 0.800. The summed E-state index contributed by atoms with van der Waals surface area (Å²) in [6, 6.07) is 0. The molecule has 1 atom stereocenters. The maximum absolute atomic E-state index is 10.6. The number of aliphatic carboxylic acids is 2. The Morgan fingerprint density at radius 1 is 1.33 bits per heavy atom. The lowest BCUT2D eigenvalue weighted by molar-refractivity contribution is -0.144. The molecule has 0 radical (unpaired) electrons. The van der Waals surface area contributed by atoms with Crippen molar-refractivity contribution in [3.63, 3.8) is 0 Å². The van der Waals surface area contributed by atoms with E-state index in [1.165, 1.54) is 0 Å². The molecule has 0 fully saturated rings. The molecule has 0 spiro atoms. The van der Waals surface area contributed by atoms with Gasteiger partial charge in [-0.1, -0.05) is 20.3 Å². The second-order valence-corrected chi connectivity index (χ2v) is 3.72. The van der Waals surface area contributed by atoms with Crippen LogP contribution in [-0.4, -0.2) is 46.7 Å². The highest BCUT2D eigenvalue weighted by atomic mass is 16.4. The summed E-state index contributed by atoms with van der Waals surface area (Å²) in [5, 5.41) is 17.4. The number of unbranched alkanes of at least 4 members (excludes halogenated alkanes) is 1. The smallest absolute Gasteiger partial charge is 0.317 e. The van der Waals surface area contributed by atoms with Crippen molar-refractivity contribution in [1.29, 1.82) is 0 Å². The van der Waals surface area contributed by atoms with Gasteiger partial charge >= 0.3 is 11.9 Å². The standard InChI is InChI=1S/C10H19NO4/c1-3-4-5-11(7-9(12)13)6-8(2)10(14)15/h8H,3-7H2,1-2H3,(H,12,13)(H,14,15). The van der Waals surface area contributed by atoms with Gasteiger partial charge in [-0.05, 0) is 13.0 Å². The van der Waals surface area contributed by atoms with E-state index in [2.05, 4.69) is 0 Å². The monoisotopic (exact) mass is 217 g/mol. The van der Waals surface area contributed by atoms with Crippen molar-refractivity contribution in [3.8, 4) is 0 Å². The van der Waals surface area contributed by atoms with Crippen LogP contribution in [-0.2, 0) is 9.59 Å². The molecule has 15 heavy (non-hydrogen) atoms. The van der Waals surface area contributed by atoms with Gasteiger partial charge in [0.05, 0.1) is 12.5 Å². The summed E-state index contributed by atoms with van der Waals surface area (Å²) < 4.78 is 0. The Labute approximate surface area is 89.7 Å². The average molecular weight is 217 g/mol. The zero-order valence-corrected chi connectivity index (χ0v) is 9.27. The second kappa shape index (κ2) is 7.23. The van der Waals surface area contributed by atoms with E-state index in [1.807, 2.05) is 6.92 Å². The van der Waals surface area contributed by atoms with Crippen LogP contribution in [0.1, 0.15) is 26.7 Å². The van der Waals surface area contributed by atoms with E-state index in [0.29, 0.717) is 13.1 Å². The molecular formula is C10H19NO4. The van der Waals surface area contributed by atoms with E-state index < -0.39 is 17.9 Å². The van der Waals surface area contributed by atoms with Crippen LogP contribution in [0.2, 0.25) is 0 Å². The molecular weight excluding hydrogens is 198 g/mol. The Bertz CT molecular complexity index is 217. The summed E-state index contributed by atoms with van der Waals surface area (Å²) in [5.41, 5.74) is 0. The lowest BCUT2D eigenvalue weighted by atomic mass is 10.1. The molecule has 0 bridgehead atoms. The molecule has 0 aliphatic carbocycles. The van der Waals surface area contributed by atoms with Crippen molar-refractivity contribution >= 4 is 11.9 Å². The van der Waals surface area contributed by atoms with E-state index in [1.54, 1.807) is 11.8 Å². The highest BCUT2D eigenvalue weighted by Crippen LogP contribution is 2.02. The number of carboxylic acids is 2. The Balaban J connectivity index is 4.10. The Morgan fingerprint density at radius 2 is 1.93 bits per heavy atom. The van der Waals surface area contributed by atoms with Gasteiger partial charge in [-0.15, -0.1) is 0 Å². The van der Waals surface area contributed by atoms with Crippen molar-refractivity contribution in [2.24, 2.45) is 5.92 Å². The fourth-order valence-electron chi connectivity index (χ4n) is 1.27. The van der Waals surface area contributed by atoms with Crippen molar-refractivity contribution in [1.82, 2.24) is 4.90 Å². The zero-order chi connectivity index (χ0) is 11.8. The van der Waals surface area contributed by atoms with Gasteiger partial charge in [-0.3, -0.25) is 14.5 Å². The third kappa shape index (κ3) is 6.90. The molecule has 0 rings (SSSR count). The lowest BCUT2D eigenvalue weighted by Gasteiger charge is -2.21.